The standard InChI is InChI=1S/C22H33N6O4S/c1-5-7-19-18-15-26(16-28(29)22(18)25(4)23-19)20-14-17(8-9-21(20)32-6-2)33(30,31)27-12-10-24(3)11-13-27/h8-9,14H,5-7,10-13,15-16H2,1-4H3/q+1. The molecule has 180 valence electrons. The van der Waals surface area contributed by atoms with Crippen molar-refractivity contribution in [3.05, 3.63) is 34.4 Å². The fourth-order valence-electron chi connectivity index (χ4n) is 4.51. The van der Waals surface area contributed by atoms with Crippen LogP contribution in [0.4, 0.5) is 11.5 Å². The van der Waals surface area contributed by atoms with Gasteiger partial charge in [-0.15, -0.1) is 4.68 Å². The summed E-state index contributed by atoms with van der Waals surface area (Å²) in [6, 6.07) is 4.94. The molecule has 3 heterocycles. The fourth-order valence-corrected chi connectivity index (χ4v) is 5.95. The zero-order chi connectivity index (χ0) is 23.8. The van der Waals surface area contributed by atoms with Crippen molar-refractivity contribution in [1.82, 2.24) is 19.0 Å². The van der Waals surface area contributed by atoms with E-state index in [1.807, 2.05) is 18.9 Å². The zero-order valence-corrected chi connectivity index (χ0v) is 20.6. The van der Waals surface area contributed by atoms with E-state index in [2.05, 4.69) is 16.9 Å². The van der Waals surface area contributed by atoms with Gasteiger partial charge in [-0.3, -0.25) is 0 Å². The van der Waals surface area contributed by atoms with Gasteiger partial charge in [-0.25, -0.2) is 8.42 Å². The molecule has 2 aliphatic rings. The number of sulfonamides is 1. The molecule has 1 saturated heterocycles. The summed E-state index contributed by atoms with van der Waals surface area (Å²) in [4.78, 5) is 17.2. The molecule has 0 saturated carbocycles. The topological polar surface area (TPSA) is 91.0 Å². The van der Waals surface area contributed by atoms with Gasteiger partial charge in [0.25, 0.3) is 0 Å². The van der Waals surface area contributed by atoms with Crippen molar-refractivity contribution < 1.29 is 17.9 Å². The van der Waals surface area contributed by atoms with Crippen molar-refractivity contribution in [3.63, 3.8) is 0 Å². The maximum atomic E-state index is 13.4. The van der Waals surface area contributed by atoms with Gasteiger partial charge in [-0.1, -0.05) is 23.4 Å². The minimum atomic E-state index is -3.65. The molecule has 2 aromatic rings. The van der Waals surface area contributed by atoms with Crippen LogP contribution in [0.2, 0.25) is 0 Å². The molecule has 1 aromatic heterocycles. The first-order chi connectivity index (χ1) is 15.8. The number of aryl methyl sites for hydroxylation is 2. The van der Waals surface area contributed by atoms with Crippen molar-refractivity contribution in [3.8, 4) is 5.75 Å². The Morgan fingerprint density at radius 3 is 2.52 bits per heavy atom. The highest BCUT2D eigenvalue weighted by molar-refractivity contribution is 7.89. The van der Waals surface area contributed by atoms with E-state index in [9.17, 15) is 13.3 Å². The van der Waals surface area contributed by atoms with Gasteiger partial charge >= 0.3 is 5.82 Å². The first-order valence-corrected chi connectivity index (χ1v) is 12.9. The summed E-state index contributed by atoms with van der Waals surface area (Å²) in [6.45, 7) is 7.24. The number of hydrogen-bond acceptors (Lipinski definition) is 7. The summed E-state index contributed by atoms with van der Waals surface area (Å²) in [6.07, 6.45) is 1.70. The van der Waals surface area contributed by atoms with Gasteiger partial charge < -0.3 is 14.5 Å². The number of anilines is 1. The number of hydrogen-bond donors (Lipinski definition) is 0. The van der Waals surface area contributed by atoms with Crippen LogP contribution in [0.1, 0.15) is 31.5 Å². The van der Waals surface area contributed by atoms with E-state index in [-0.39, 0.29) is 11.6 Å². The molecule has 0 radical (unpaired) electrons. The van der Waals surface area contributed by atoms with Crippen LogP contribution in [-0.2, 0) is 30.0 Å². The quantitative estimate of drug-likeness (QED) is 0.564. The third-order valence-electron chi connectivity index (χ3n) is 6.24. The van der Waals surface area contributed by atoms with E-state index in [0.717, 1.165) is 28.9 Å². The van der Waals surface area contributed by atoms with Crippen molar-refractivity contribution in [2.24, 2.45) is 7.05 Å². The lowest BCUT2D eigenvalue weighted by Crippen LogP contribution is -2.47. The van der Waals surface area contributed by atoms with Crippen LogP contribution in [0, 0.1) is 4.91 Å². The van der Waals surface area contributed by atoms with Gasteiger partial charge in [0.2, 0.25) is 16.7 Å². The van der Waals surface area contributed by atoms with Crippen LogP contribution >= 0.6 is 0 Å². The lowest BCUT2D eigenvalue weighted by atomic mass is 10.1. The number of benzene rings is 1. The number of fused-ring (bicyclic) bond motifs is 1. The summed E-state index contributed by atoms with van der Waals surface area (Å²) in [5.41, 5.74) is 2.39. The second-order valence-corrected chi connectivity index (χ2v) is 10.5. The van der Waals surface area contributed by atoms with Gasteiger partial charge in [-0.05, 0) is 43.4 Å². The SMILES string of the molecule is CCCc1nn(C)c2c1CN(c1cc(S(=O)(=O)N3CCN(C)CC3)ccc1OCC)C[N+]2=O. The summed E-state index contributed by atoms with van der Waals surface area (Å²) < 4.78 is 36.6. The van der Waals surface area contributed by atoms with Gasteiger partial charge in [0.1, 0.15) is 12.8 Å². The molecule has 4 rings (SSSR count). The smallest absolute Gasteiger partial charge is 0.349 e. The molecule has 2 aliphatic heterocycles. The Morgan fingerprint density at radius 2 is 1.85 bits per heavy atom. The van der Waals surface area contributed by atoms with Crippen LogP contribution in [0.3, 0.4) is 0 Å². The van der Waals surface area contributed by atoms with E-state index in [1.54, 1.807) is 29.9 Å². The summed E-state index contributed by atoms with van der Waals surface area (Å²) in [5.74, 6) is 1.13. The summed E-state index contributed by atoms with van der Waals surface area (Å²) in [5, 5.41) is 4.55. The number of piperazine rings is 1. The Hall–Kier alpha value is -2.50. The molecular formula is C22H33N6O4S+. The monoisotopic (exact) mass is 477 g/mol. The van der Waals surface area contributed by atoms with E-state index in [1.165, 1.54) is 4.31 Å². The highest BCUT2D eigenvalue weighted by Gasteiger charge is 2.37. The first kappa shape index (κ1) is 23.7. The van der Waals surface area contributed by atoms with Crippen LogP contribution < -0.4 is 9.64 Å². The summed E-state index contributed by atoms with van der Waals surface area (Å²) in [7, 11) is 0.126. The maximum absolute atomic E-state index is 13.4. The Morgan fingerprint density at radius 1 is 1.12 bits per heavy atom. The lowest BCUT2D eigenvalue weighted by molar-refractivity contribution is -0.473. The third kappa shape index (κ3) is 4.49. The van der Waals surface area contributed by atoms with E-state index < -0.39 is 10.0 Å². The van der Waals surface area contributed by atoms with Crippen LogP contribution in [0.25, 0.3) is 0 Å². The Kier molecular flexibility index (Phi) is 6.73. The van der Waals surface area contributed by atoms with Crippen LogP contribution in [-0.4, -0.2) is 78.7 Å². The molecule has 0 atom stereocenters. The van der Waals surface area contributed by atoms with Crippen LogP contribution in [0.15, 0.2) is 23.1 Å². The normalized spacial score (nSPS) is 17.9. The van der Waals surface area contributed by atoms with E-state index in [4.69, 9.17) is 4.74 Å². The minimum absolute atomic E-state index is 0.0657. The van der Waals surface area contributed by atoms with Crippen molar-refractivity contribution in [2.45, 2.75) is 38.1 Å². The molecule has 33 heavy (non-hydrogen) atoms. The van der Waals surface area contributed by atoms with Gasteiger partial charge in [0.15, 0.2) is 0 Å². The Bertz CT molecular complexity index is 1140. The molecule has 0 unspecified atom stereocenters. The van der Waals surface area contributed by atoms with Gasteiger partial charge in [-0.2, -0.15) is 4.31 Å². The number of aromatic nitrogens is 2. The number of nitrogens with zero attached hydrogens (tertiary/aromatic N) is 6. The van der Waals surface area contributed by atoms with E-state index in [0.29, 0.717) is 56.6 Å². The second-order valence-electron chi connectivity index (χ2n) is 8.61. The summed E-state index contributed by atoms with van der Waals surface area (Å²) >= 11 is 0. The highest BCUT2D eigenvalue weighted by atomic mass is 32.2. The zero-order valence-electron chi connectivity index (χ0n) is 19.8. The Labute approximate surface area is 195 Å². The molecule has 1 aromatic carbocycles. The van der Waals surface area contributed by atoms with Crippen LogP contribution in [0.5, 0.6) is 5.75 Å². The Balaban J connectivity index is 1.72. The fraction of sp³-hybridized carbons (Fsp3) is 0.591. The minimum Gasteiger partial charge on any atom is -0.492 e. The third-order valence-corrected chi connectivity index (χ3v) is 8.13. The largest absolute Gasteiger partial charge is 0.492 e. The highest BCUT2D eigenvalue weighted by Crippen LogP contribution is 2.37. The maximum Gasteiger partial charge on any atom is 0.349 e. The molecule has 0 bridgehead atoms. The molecule has 0 spiro atoms. The lowest BCUT2D eigenvalue weighted by Gasteiger charge is -2.32. The second kappa shape index (κ2) is 9.40. The number of nitroso groups, excluding NO2 is 1. The molecule has 10 nitrogen and oxygen atoms in total. The molecule has 0 N–H and O–H groups in total. The number of ether oxygens (including phenoxy) is 1. The molecule has 1 fully saturated rings. The number of likely N-dealkylation sites (N-methyl/N-ethyl adjacent to an activating group) is 1. The molecule has 11 heteroatoms. The molecule has 0 amide bonds. The average molecular weight is 478 g/mol. The van der Waals surface area contributed by atoms with Gasteiger partial charge in [0.05, 0.1) is 35.0 Å². The molecular weight excluding hydrogens is 444 g/mol. The first-order valence-electron chi connectivity index (χ1n) is 11.5. The molecule has 0 aliphatic carbocycles. The average Bonchev–Trinajstić information content (AvgIpc) is 3.10. The predicted octanol–water partition coefficient (Wildman–Crippen LogP) is 2.10. The van der Waals surface area contributed by atoms with Crippen molar-refractivity contribution in [2.75, 3.05) is 51.4 Å². The van der Waals surface area contributed by atoms with E-state index >= 15 is 0 Å². The van der Waals surface area contributed by atoms with Gasteiger partial charge in [0, 0.05) is 26.2 Å². The number of rotatable bonds is 7. The van der Waals surface area contributed by atoms with Crippen molar-refractivity contribution >= 4 is 21.5 Å². The predicted molar refractivity (Wildman–Crippen MR) is 125 cm³/mol. The van der Waals surface area contributed by atoms with Crippen molar-refractivity contribution in [1.29, 1.82) is 0 Å².